The van der Waals surface area contributed by atoms with Gasteiger partial charge in [-0.3, -0.25) is 14.5 Å². The molecule has 0 aromatic heterocycles. The van der Waals surface area contributed by atoms with Gasteiger partial charge in [-0.2, -0.15) is 0 Å². The Morgan fingerprint density at radius 1 is 0.905 bits per heavy atom. The second kappa shape index (κ2) is 21.6. The molecular formula is C31H56N4O7. The molecule has 2 rings (SSSR count). The fourth-order valence-corrected chi connectivity index (χ4v) is 6.14. The third kappa shape index (κ3) is 15.4. The minimum Gasteiger partial charge on any atom is -0.393 e. The lowest BCUT2D eigenvalue weighted by molar-refractivity contribution is -0.757. The summed E-state index contributed by atoms with van der Waals surface area (Å²) >= 11 is 0. The van der Waals surface area contributed by atoms with Gasteiger partial charge < -0.3 is 25.3 Å². The van der Waals surface area contributed by atoms with Gasteiger partial charge in [0.15, 0.2) is 0 Å². The van der Waals surface area contributed by atoms with E-state index in [2.05, 4.69) is 39.0 Å². The molecule has 0 radical (unpaired) electrons. The number of rotatable bonds is 23. The lowest BCUT2D eigenvalue weighted by atomic mass is 9.86. The lowest BCUT2D eigenvalue weighted by Crippen LogP contribution is -2.48. The van der Waals surface area contributed by atoms with Gasteiger partial charge in [0, 0.05) is 65.1 Å². The van der Waals surface area contributed by atoms with Crippen molar-refractivity contribution in [2.45, 2.75) is 109 Å². The van der Waals surface area contributed by atoms with Crippen LogP contribution in [0.15, 0.2) is 12.2 Å². The number of nitrogens with one attached hydrogen (secondary N) is 1. The van der Waals surface area contributed by atoms with E-state index in [9.17, 15) is 29.9 Å². The smallest absolute Gasteiger partial charge is 0.294 e. The molecule has 11 heteroatoms. The van der Waals surface area contributed by atoms with Crippen molar-refractivity contribution in [3.8, 4) is 0 Å². The number of hydrogen-bond donors (Lipinski definition) is 3. The van der Waals surface area contributed by atoms with Crippen LogP contribution >= 0.6 is 0 Å². The Hall–Kier alpha value is -2.08. The summed E-state index contributed by atoms with van der Waals surface area (Å²) in [5, 5.41) is 33.4. The minimum atomic E-state index is -0.752. The molecule has 0 aromatic rings. The highest BCUT2D eigenvalue weighted by molar-refractivity contribution is 5.78. The molecule has 1 saturated heterocycles. The third-order valence-electron chi connectivity index (χ3n) is 8.72. The number of unbranched alkanes of at least 4 members (excludes halogenated alkanes) is 5. The van der Waals surface area contributed by atoms with Gasteiger partial charge in [0.1, 0.15) is 5.78 Å². The Kier molecular flexibility index (Phi) is 18.6. The van der Waals surface area contributed by atoms with Crippen molar-refractivity contribution in [1.29, 1.82) is 0 Å². The summed E-state index contributed by atoms with van der Waals surface area (Å²) < 4.78 is 0. The monoisotopic (exact) mass is 596 g/mol. The predicted molar refractivity (Wildman–Crippen MR) is 162 cm³/mol. The van der Waals surface area contributed by atoms with Gasteiger partial charge in [-0.05, 0) is 56.8 Å². The second-order valence-electron chi connectivity index (χ2n) is 12.0. The summed E-state index contributed by atoms with van der Waals surface area (Å²) in [6, 6.07) is 0. The Morgan fingerprint density at radius 2 is 1.60 bits per heavy atom. The minimum absolute atomic E-state index is 0.0265. The number of aliphatic hydroxyl groups excluding tert-OH is 2. The highest BCUT2D eigenvalue weighted by atomic mass is 16.9. The highest BCUT2D eigenvalue weighted by Gasteiger charge is 2.40. The molecule has 2 aliphatic rings. The van der Waals surface area contributed by atoms with Crippen LogP contribution in [0.25, 0.3) is 0 Å². The van der Waals surface area contributed by atoms with Gasteiger partial charge in [-0.25, -0.2) is 0 Å². The molecule has 4 atom stereocenters. The molecule has 2 fully saturated rings. The number of carbonyl (C=O) groups is 2. The maximum Gasteiger partial charge on any atom is 0.294 e. The zero-order valence-corrected chi connectivity index (χ0v) is 25.8. The molecule has 11 nitrogen and oxygen atoms in total. The molecule has 0 bridgehead atoms. The number of Topliss-reactive ketones (excluding diaryl/α,β-unsaturated/α-hetero) is 1. The molecule has 42 heavy (non-hydrogen) atoms. The summed E-state index contributed by atoms with van der Waals surface area (Å²) in [4.78, 5) is 43.7. The van der Waals surface area contributed by atoms with E-state index >= 15 is 0 Å². The average molecular weight is 597 g/mol. The van der Waals surface area contributed by atoms with E-state index in [1.807, 2.05) is 0 Å². The molecule has 0 spiro atoms. The summed E-state index contributed by atoms with van der Waals surface area (Å²) in [5.74, 6) is 0.252. The van der Waals surface area contributed by atoms with E-state index in [1.54, 1.807) is 0 Å². The van der Waals surface area contributed by atoms with Crippen molar-refractivity contribution in [2.24, 2.45) is 11.8 Å². The summed E-state index contributed by atoms with van der Waals surface area (Å²) in [6.45, 7) is 8.18. The first-order valence-electron chi connectivity index (χ1n) is 16.3. The van der Waals surface area contributed by atoms with E-state index in [4.69, 9.17) is 0 Å². The zero-order valence-electron chi connectivity index (χ0n) is 25.8. The number of amides is 1. The molecule has 1 amide bonds. The van der Waals surface area contributed by atoms with Crippen LogP contribution < -0.4 is 5.32 Å². The fourth-order valence-electron chi connectivity index (χ4n) is 6.14. The normalized spacial score (nSPS) is 23.4. The first-order chi connectivity index (χ1) is 20.3. The van der Waals surface area contributed by atoms with Crippen LogP contribution in [0.2, 0.25) is 0 Å². The fraction of sp³-hybridized carbons (Fsp3) is 0.871. The maximum absolute atomic E-state index is 12.3. The third-order valence-corrected chi connectivity index (χ3v) is 8.72. The van der Waals surface area contributed by atoms with Crippen molar-refractivity contribution in [1.82, 2.24) is 15.1 Å². The molecule has 1 aliphatic carbocycles. The average Bonchev–Trinajstić information content (AvgIpc) is 3.23. The maximum atomic E-state index is 12.3. The number of carbonyl (C=O) groups excluding carboxylic acids is 2. The van der Waals surface area contributed by atoms with E-state index in [-0.39, 0.29) is 30.1 Å². The highest BCUT2D eigenvalue weighted by Crippen LogP contribution is 2.38. The van der Waals surface area contributed by atoms with Crippen LogP contribution in [-0.2, 0) is 14.4 Å². The standard InChI is InChI=1S/C31H56N4O7/c1-2-3-4-5-8-12-26(36)15-16-28-27(29(37)25-30(28)38)13-9-6-7-10-14-31(39)32-17-19-34-22-20-33(21-23-34)18-11-24-42-35(40)41/h6,9,27-30,37-38H,2-5,7-8,10-25H2,1H3,(H,32,39)/b9-6-/t27-,28-,29+,30-/m1/s1. The van der Waals surface area contributed by atoms with Crippen LogP contribution in [0.4, 0.5) is 0 Å². The van der Waals surface area contributed by atoms with Gasteiger partial charge in [-0.15, -0.1) is 10.1 Å². The van der Waals surface area contributed by atoms with Gasteiger partial charge >= 0.3 is 0 Å². The van der Waals surface area contributed by atoms with Crippen molar-refractivity contribution in [3.63, 3.8) is 0 Å². The number of allylic oxidation sites excluding steroid dienone is 2. The number of piperazine rings is 1. The number of aliphatic hydroxyl groups is 2. The Bertz CT molecular complexity index is 804. The van der Waals surface area contributed by atoms with Crippen molar-refractivity contribution in [3.05, 3.63) is 22.3 Å². The SMILES string of the molecule is CCCCCCCC(=O)CC[C@@H]1[C@@H](C/C=C\CCCC(=O)NCCN2CCN(CCCO[N+](=O)[O-])CC2)[C@@H](O)C[C@H]1O. The zero-order chi connectivity index (χ0) is 30.6. The summed E-state index contributed by atoms with van der Waals surface area (Å²) in [5.41, 5.74) is 0. The Labute approximate surface area is 252 Å². The van der Waals surface area contributed by atoms with Crippen molar-refractivity contribution >= 4 is 11.7 Å². The first-order valence-corrected chi connectivity index (χ1v) is 16.3. The molecular weight excluding hydrogens is 540 g/mol. The van der Waals surface area contributed by atoms with Gasteiger partial charge in [0.2, 0.25) is 5.91 Å². The van der Waals surface area contributed by atoms with Crippen LogP contribution in [0, 0.1) is 22.0 Å². The Morgan fingerprint density at radius 3 is 2.31 bits per heavy atom. The molecule has 0 unspecified atom stereocenters. The quantitative estimate of drug-likeness (QED) is 0.0698. The first kappa shape index (κ1) is 36.1. The lowest BCUT2D eigenvalue weighted by Gasteiger charge is -2.34. The van der Waals surface area contributed by atoms with Crippen LogP contribution in [-0.4, -0.2) is 101 Å². The van der Waals surface area contributed by atoms with Crippen molar-refractivity contribution < 1.29 is 29.7 Å². The van der Waals surface area contributed by atoms with E-state index in [0.717, 1.165) is 65.0 Å². The Balaban J connectivity index is 1.52. The largest absolute Gasteiger partial charge is 0.393 e. The number of ketones is 1. The summed E-state index contributed by atoms with van der Waals surface area (Å²) in [6.07, 6.45) is 14.1. The molecule has 242 valence electrons. The molecule has 0 aromatic carbocycles. The molecule has 1 heterocycles. The number of nitrogens with zero attached hydrogens (tertiary/aromatic N) is 3. The van der Waals surface area contributed by atoms with Crippen molar-refractivity contribution in [2.75, 3.05) is 52.4 Å². The predicted octanol–water partition coefficient (Wildman–Crippen LogP) is 3.50. The number of hydrogen-bond acceptors (Lipinski definition) is 9. The molecule has 1 saturated carbocycles. The van der Waals surface area contributed by atoms with Gasteiger partial charge in [0.05, 0.1) is 18.8 Å². The van der Waals surface area contributed by atoms with Crippen LogP contribution in [0.3, 0.4) is 0 Å². The van der Waals surface area contributed by atoms with Crippen LogP contribution in [0.1, 0.15) is 96.8 Å². The van der Waals surface area contributed by atoms with Gasteiger partial charge in [-0.1, -0.05) is 44.8 Å². The second-order valence-corrected chi connectivity index (χ2v) is 12.0. The van der Waals surface area contributed by atoms with E-state index in [0.29, 0.717) is 51.5 Å². The molecule has 3 N–H and O–H groups in total. The van der Waals surface area contributed by atoms with E-state index in [1.165, 1.54) is 19.3 Å². The molecule has 1 aliphatic heterocycles. The van der Waals surface area contributed by atoms with Crippen LogP contribution in [0.5, 0.6) is 0 Å². The topological polar surface area (TPSA) is 145 Å². The van der Waals surface area contributed by atoms with E-state index < -0.39 is 17.3 Å². The summed E-state index contributed by atoms with van der Waals surface area (Å²) in [7, 11) is 0. The van der Waals surface area contributed by atoms with Gasteiger partial charge in [0.25, 0.3) is 5.09 Å².